The lowest BCUT2D eigenvalue weighted by molar-refractivity contribution is 0.102. The summed E-state index contributed by atoms with van der Waals surface area (Å²) in [6, 6.07) is 12.8. The first-order chi connectivity index (χ1) is 15.6. The normalized spacial score (nSPS) is 16.8. The summed E-state index contributed by atoms with van der Waals surface area (Å²) in [5.74, 6) is 2.09. The Hall–Kier alpha value is -3.78. The van der Waals surface area contributed by atoms with Crippen molar-refractivity contribution in [2.45, 2.75) is 18.8 Å². The monoisotopic (exact) mass is 427 g/mol. The largest absolute Gasteiger partial charge is 0.382 e. The first-order valence-electron chi connectivity index (χ1n) is 10.7. The summed E-state index contributed by atoms with van der Waals surface area (Å²) in [7, 11) is 2.15. The number of nitrogens with zero attached hydrogens (tertiary/aromatic N) is 5. The van der Waals surface area contributed by atoms with E-state index in [4.69, 9.17) is 10.7 Å². The van der Waals surface area contributed by atoms with Crippen LogP contribution in [0.25, 0.3) is 16.8 Å². The molecule has 32 heavy (non-hydrogen) atoms. The molecular weight excluding hydrogens is 402 g/mol. The van der Waals surface area contributed by atoms with Crippen LogP contribution in [-0.2, 0) is 0 Å². The molecule has 0 radical (unpaired) electrons. The predicted molar refractivity (Wildman–Crippen MR) is 124 cm³/mol. The third-order valence-corrected chi connectivity index (χ3v) is 5.93. The molecule has 0 bridgehead atoms. The van der Waals surface area contributed by atoms with Crippen LogP contribution in [0.15, 0.2) is 61.1 Å². The van der Waals surface area contributed by atoms with Crippen molar-refractivity contribution in [3.63, 3.8) is 0 Å². The molecule has 0 saturated carbocycles. The number of benzene rings is 1. The maximum absolute atomic E-state index is 12.6. The van der Waals surface area contributed by atoms with Gasteiger partial charge in [-0.1, -0.05) is 18.2 Å². The molecule has 4 heterocycles. The number of piperidine rings is 1. The van der Waals surface area contributed by atoms with Crippen molar-refractivity contribution in [1.29, 1.82) is 0 Å². The summed E-state index contributed by atoms with van der Waals surface area (Å²) in [5.41, 5.74) is 9.31. The van der Waals surface area contributed by atoms with Crippen LogP contribution in [0, 0.1) is 0 Å². The molecule has 1 saturated heterocycles. The summed E-state index contributed by atoms with van der Waals surface area (Å²) < 4.78 is 2.07. The second kappa shape index (κ2) is 8.39. The predicted octanol–water partition coefficient (Wildman–Crippen LogP) is 3.44. The minimum Gasteiger partial charge on any atom is -0.382 e. The summed E-state index contributed by atoms with van der Waals surface area (Å²) in [4.78, 5) is 28.4. The van der Waals surface area contributed by atoms with Gasteiger partial charge in [0.15, 0.2) is 0 Å². The van der Waals surface area contributed by atoms with Crippen LogP contribution < -0.4 is 11.1 Å². The number of aromatic nitrogens is 4. The highest BCUT2D eigenvalue weighted by Gasteiger charge is 2.26. The molecule has 3 aromatic heterocycles. The number of carbonyl (C=O) groups is 1. The van der Waals surface area contributed by atoms with Gasteiger partial charge in [-0.25, -0.2) is 15.0 Å². The smallest absolute Gasteiger partial charge is 0.256 e. The number of pyridine rings is 1. The minimum atomic E-state index is -0.211. The maximum atomic E-state index is 12.6. The van der Waals surface area contributed by atoms with Gasteiger partial charge in [0.25, 0.3) is 5.91 Å². The van der Waals surface area contributed by atoms with Crippen molar-refractivity contribution >= 4 is 23.1 Å². The molecule has 1 unspecified atom stereocenters. The number of nitrogens with two attached hydrogens (primary N) is 1. The van der Waals surface area contributed by atoms with Crippen molar-refractivity contribution in [2.75, 3.05) is 31.2 Å². The highest BCUT2D eigenvalue weighted by molar-refractivity contribution is 6.04. The van der Waals surface area contributed by atoms with Gasteiger partial charge < -0.3 is 16.0 Å². The van der Waals surface area contributed by atoms with Crippen LogP contribution in [0.1, 0.15) is 34.9 Å². The molecule has 1 aromatic carbocycles. The average Bonchev–Trinajstić information content (AvgIpc) is 3.21. The van der Waals surface area contributed by atoms with Gasteiger partial charge in [0, 0.05) is 42.2 Å². The lowest BCUT2D eigenvalue weighted by Gasteiger charge is -2.28. The molecule has 3 N–H and O–H groups in total. The zero-order valence-corrected chi connectivity index (χ0v) is 17.9. The first kappa shape index (κ1) is 20.1. The highest BCUT2D eigenvalue weighted by atomic mass is 16.1. The maximum Gasteiger partial charge on any atom is 0.256 e. The quantitative estimate of drug-likeness (QED) is 0.517. The summed E-state index contributed by atoms with van der Waals surface area (Å²) in [6.07, 6.45) is 7.53. The molecule has 1 fully saturated rings. The Morgan fingerprint density at radius 2 is 1.97 bits per heavy atom. The van der Waals surface area contributed by atoms with Crippen molar-refractivity contribution < 1.29 is 4.79 Å². The van der Waals surface area contributed by atoms with E-state index in [1.165, 1.54) is 0 Å². The van der Waals surface area contributed by atoms with E-state index in [2.05, 4.69) is 31.6 Å². The molecule has 4 aromatic rings. The Labute approximate surface area is 186 Å². The van der Waals surface area contributed by atoms with Gasteiger partial charge >= 0.3 is 0 Å². The molecule has 1 amide bonds. The number of fused-ring (bicyclic) bond motifs is 1. The number of nitrogen functional groups attached to an aromatic ring is 1. The molecule has 1 atom stereocenters. The number of rotatable bonds is 4. The Balaban J connectivity index is 1.48. The van der Waals surface area contributed by atoms with E-state index in [1.54, 1.807) is 36.7 Å². The number of likely N-dealkylation sites (tertiary alicyclic amines) is 1. The molecule has 0 aliphatic carbocycles. The van der Waals surface area contributed by atoms with Crippen LogP contribution in [-0.4, -0.2) is 50.3 Å². The summed E-state index contributed by atoms with van der Waals surface area (Å²) in [6.45, 7) is 2.08. The number of carbonyl (C=O) groups excluding carboxylic acids is 1. The van der Waals surface area contributed by atoms with Gasteiger partial charge in [0.2, 0.25) is 0 Å². The van der Waals surface area contributed by atoms with E-state index in [1.807, 2.05) is 24.4 Å². The van der Waals surface area contributed by atoms with Crippen LogP contribution in [0.5, 0.6) is 0 Å². The van der Waals surface area contributed by atoms with Crippen LogP contribution in [0.3, 0.4) is 0 Å². The molecule has 8 nitrogen and oxygen atoms in total. The molecule has 8 heteroatoms. The van der Waals surface area contributed by atoms with Crippen LogP contribution >= 0.6 is 0 Å². The fourth-order valence-corrected chi connectivity index (χ4v) is 4.36. The molecule has 1 aliphatic rings. The Morgan fingerprint density at radius 1 is 1.12 bits per heavy atom. The SMILES string of the molecule is CN1CCCC(c2nc(-c3ccc(C(=O)Nc4ccccn4)cc3)c3c(N)nccn23)C1. The number of imidazole rings is 1. The van der Waals surface area contributed by atoms with Gasteiger partial charge in [0.05, 0.1) is 0 Å². The number of hydrogen-bond donors (Lipinski definition) is 2. The van der Waals surface area contributed by atoms with Gasteiger partial charge in [-0.15, -0.1) is 0 Å². The third kappa shape index (κ3) is 3.80. The summed E-state index contributed by atoms with van der Waals surface area (Å²) in [5, 5.41) is 2.80. The Bertz CT molecular complexity index is 1250. The zero-order valence-electron chi connectivity index (χ0n) is 17.9. The second-order valence-electron chi connectivity index (χ2n) is 8.20. The minimum absolute atomic E-state index is 0.211. The lowest BCUT2D eigenvalue weighted by atomic mass is 9.98. The number of likely N-dealkylation sites (N-methyl/N-ethyl adjacent to an activating group) is 1. The second-order valence-corrected chi connectivity index (χ2v) is 8.20. The number of hydrogen-bond acceptors (Lipinski definition) is 6. The van der Waals surface area contributed by atoms with Gasteiger partial charge in [-0.05, 0) is 50.7 Å². The molecular formula is C24H25N7O. The van der Waals surface area contributed by atoms with E-state index in [9.17, 15) is 4.79 Å². The van der Waals surface area contributed by atoms with E-state index >= 15 is 0 Å². The van der Waals surface area contributed by atoms with E-state index in [0.29, 0.717) is 23.1 Å². The third-order valence-electron chi connectivity index (χ3n) is 5.93. The standard InChI is InChI=1S/C24H25N7O/c1-30-13-4-5-18(15-30)23-29-20(21-22(25)27-12-14-31(21)23)16-7-9-17(10-8-16)24(32)28-19-6-2-3-11-26-19/h2-3,6-12,14,18H,4-5,13,15H2,1H3,(H2,25,27)(H,26,28,32). The van der Waals surface area contributed by atoms with Crippen molar-refractivity contribution in [1.82, 2.24) is 24.3 Å². The zero-order chi connectivity index (χ0) is 22.1. The van der Waals surface area contributed by atoms with Crippen molar-refractivity contribution in [2.24, 2.45) is 0 Å². The van der Waals surface area contributed by atoms with Gasteiger partial charge in [0.1, 0.15) is 28.7 Å². The van der Waals surface area contributed by atoms with E-state index < -0.39 is 0 Å². The van der Waals surface area contributed by atoms with Gasteiger partial charge in [-0.2, -0.15) is 0 Å². The van der Waals surface area contributed by atoms with Gasteiger partial charge in [-0.3, -0.25) is 9.20 Å². The average molecular weight is 428 g/mol. The fourth-order valence-electron chi connectivity index (χ4n) is 4.36. The Morgan fingerprint density at radius 3 is 2.72 bits per heavy atom. The number of nitrogens with one attached hydrogen (secondary N) is 1. The Kier molecular flexibility index (Phi) is 5.28. The lowest BCUT2D eigenvalue weighted by Crippen LogP contribution is -2.31. The van der Waals surface area contributed by atoms with Crippen molar-refractivity contribution in [3.05, 3.63) is 72.4 Å². The highest BCUT2D eigenvalue weighted by Crippen LogP contribution is 2.33. The number of anilines is 2. The van der Waals surface area contributed by atoms with Crippen LogP contribution in [0.4, 0.5) is 11.6 Å². The molecule has 162 valence electrons. The first-order valence-corrected chi connectivity index (χ1v) is 10.7. The topological polar surface area (TPSA) is 101 Å². The van der Waals surface area contributed by atoms with Crippen LogP contribution in [0.2, 0.25) is 0 Å². The molecule has 5 rings (SSSR count). The fraction of sp³-hybridized carbons (Fsp3) is 0.250. The number of amides is 1. The summed E-state index contributed by atoms with van der Waals surface area (Å²) >= 11 is 0. The van der Waals surface area contributed by atoms with Crippen molar-refractivity contribution in [3.8, 4) is 11.3 Å². The molecule has 1 aliphatic heterocycles. The van der Waals surface area contributed by atoms with E-state index in [0.717, 1.165) is 48.5 Å². The molecule has 0 spiro atoms. The van der Waals surface area contributed by atoms with E-state index in [-0.39, 0.29) is 5.91 Å².